The Balaban J connectivity index is 1.98. The number of H-pyrrole nitrogens is 1. The van der Waals surface area contributed by atoms with Crippen molar-refractivity contribution < 1.29 is 9.59 Å². The third-order valence-corrected chi connectivity index (χ3v) is 4.65. The van der Waals surface area contributed by atoms with Crippen molar-refractivity contribution in [2.45, 2.75) is 6.92 Å². The largest absolute Gasteiger partial charge is 0.353 e. The monoisotopic (exact) mass is 327 g/mol. The van der Waals surface area contributed by atoms with Gasteiger partial charge in [-0.2, -0.15) is 0 Å². The molecule has 5 nitrogen and oxygen atoms in total. The molecule has 0 bridgehead atoms. The van der Waals surface area contributed by atoms with Gasteiger partial charge in [0.2, 0.25) is 0 Å². The zero-order valence-electron chi connectivity index (χ0n) is 13.4. The maximum Gasteiger partial charge on any atom is 0.277 e. The molecule has 25 heavy (non-hydrogen) atoms. The van der Waals surface area contributed by atoms with Crippen LogP contribution in [0.5, 0.6) is 0 Å². The number of aromatic nitrogens is 2. The fourth-order valence-corrected chi connectivity index (χ4v) is 3.45. The Hall–Kier alpha value is -3.47. The van der Waals surface area contributed by atoms with Crippen LogP contribution in [0, 0.1) is 6.92 Å². The molecule has 0 saturated carbocycles. The van der Waals surface area contributed by atoms with E-state index in [1.807, 2.05) is 55.5 Å². The fourth-order valence-electron chi connectivity index (χ4n) is 3.45. The minimum absolute atomic E-state index is 0.192. The van der Waals surface area contributed by atoms with Gasteiger partial charge in [-0.1, -0.05) is 48.0 Å². The molecule has 0 unspecified atom stereocenters. The zero-order chi connectivity index (χ0) is 17.1. The Morgan fingerprint density at radius 3 is 2.44 bits per heavy atom. The molecule has 0 atom stereocenters. The fraction of sp³-hybridized carbons (Fsp3) is 0.0500. The lowest BCUT2D eigenvalue weighted by molar-refractivity contribution is 0.0878. The first kappa shape index (κ1) is 13.9. The lowest BCUT2D eigenvalue weighted by Gasteiger charge is -2.06. The van der Waals surface area contributed by atoms with Gasteiger partial charge in [0.25, 0.3) is 11.8 Å². The summed E-state index contributed by atoms with van der Waals surface area (Å²) in [5, 5.41) is 4.02. The van der Waals surface area contributed by atoms with Crippen molar-refractivity contribution in [2.24, 2.45) is 0 Å². The number of nitrogens with one attached hydrogen (secondary N) is 2. The van der Waals surface area contributed by atoms with Crippen molar-refractivity contribution in [2.75, 3.05) is 0 Å². The number of carbonyl (C=O) groups is 2. The number of fused-ring (bicyclic) bond motifs is 5. The quantitative estimate of drug-likeness (QED) is 0.525. The van der Waals surface area contributed by atoms with Crippen LogP contribution < -0.4 is 5.32 Å². The van der Waals surface area contributed by atoms with E-state index in [0.717, 1.165) is 32.9 Å². The SMILES string of the molecule is Cc1ccc(-c2nc3c(c4c2[nH]c2ccccc24)C(=O)NC3=O)cc1. The molecule has 2 amide bonds. The number of amides is 2. The second kappa shape index (κ2) is 4.77. The molecule has 2 aromatic carbocycles. The van der Waals surface area contributed by atoms with Crippen molar-refractivity contribution in [1.82, 2.24) is 15.3 Å². The maximum absolute atomic E-state index is 12.3. The number of benzene rings is 2. The number of hydrogen-bond donors (Lipinski definition) is 2. The first-order chi connectivity index (χ1) is 12.1. The molecule has 5 rings (SSSR count). The maximum atomic E-state index is 12.3. The number of pyridine rings is 1. The predicted molar refractivity (Wildman–Crippen MR) is 95.6 cm³/mol. The van der Waals surface area contributed by atoms with Crippen LogP contribution in [0.3, 0.4) is 0 Å². The minimum Gasteiger partial charge on any atom is -0.353 e. The standard InChI is InChI=1S/C20H13N3O2/c1-10-6-8-11(9-7-10)16-17-14(12-4-2-3-5-13(12)21-17)15-18(22-16)20(25)23-19(15)24/h2-9,21H,1H3,(H,23,24,25). The summed E-state index contributed by atoms with van der Waals surface area (Å²) in [6.07, 6.45) is 0. The van der Waals surface area contributed by atoms with Gasteiger partial charge < -0.3 is 4.98 Å². The van der Waals surface area contributed by atoms with Crippen LogP contribution in [-0.2, 0) is 0 Å². The highest BCUT2D eigenvalue weighted by atomic mass is 16.2. The van der Waals surface area contributed by atoms with Gasteiger partial charge in [-0.3, -0.25) is 14.9 Å². The predicted octanol–water partition coefficient (Wildman–Crippen LogP) is 3.58. The average molecular weight is 327 g/mol. The number of imide groups is 1. The molecule has 0 fully saturated rings. The highest BCUT2D eigenvalue weighted by Gasteiger charge is 2.33. The smallest absolute Gasteiger partial charge is 0.277 e. The lowest BCUT2D eigenvalue weighted by atomic mass is 10.0. The van der Waals surface area contributed by atoms with E-state index < -0.39 is 11.8 Å². The van der Waals surface area contributed by atoms with E-state index in [4.69, 9.17) is 0 Å². The molecule has 0 spiro atoms. The zero-order valence-corrected chi connectivity index (χ0v) is 13.4. The molecule has 1 aliphatic heterocycles. The third-order valence-electron chi connectivity index (χ3n) is 4.65. The number of carbonyl (C=O) groups excluding carboxylic acids is 2. The van der Waals surface area contributed by atoms with Crippen LogP contribution >= 0.6 is 0 Å². The molecule has 2 N–H and O–H groups in total. The van der Waals surface area contributed by atoms with Crippen molar-refractivity contribution in [3.63, 3.8) is 0 Å². The number of aromatic amines is 1. The summed E-state index contributed by atoms with van der Waals surface area (Å²) in [6, 6.07) is 15.7. The number of hydrogen-bond acceptors (Lipinski definition) is 3. The van der Waals surface area contributed by atoms with E-state index in [9.17, 15) is 9.59 Å². The molecule has 0 saturated heterocycles. The molecule has 5 heteroatoms. The average Bonchev–Trinajstić information content (AvgIpc) is 3.12. The second-order valence-corrected chi connectivity index (χ2v) is 6.25. The first-order valence-corrected chi connectivity index (χ1v) is 8.00. The van der Waals surface area contributed by atoms with E-state index in [2.05, 4.69) is 15.3 Å². The molecule has 3 heterocycles. The van der Waals surface area contributed by atoms with Crippen molar-refractivity contribution in [3.8, 4) is 11.3 Å². The van der Waals surface area contributed by atoms with Crippen molar-refractivity contribution in [1.29, 1.82) is 0 Å². The van der Waals surface area contributed by atoms with Crippen LogP contribution in [0.1, 0.15) is 26.4 Å². The van der Waals surface area contributed by atoms with Crippen LogP contribution in [-0.4, -0.2) is 21.8 Å². The molecule has 1 aliphatic rings. The summed E-state index contributed by atoms with van der Waals surface area (Å²) in [6.45, 7) is 2.02. The van der Waals surface area contributed by atoms with Crippen LogP contribution in [0.2, 0.25) is 0 Å². The lowest BCUT2D eigenvalue weighted by Crippen LogP contribution is -2.20. The van der Waals surface area contributed by atoms with E-state index in [1.165, 1.54) is 0 Å². The van der Waals surface area contributed by atoms with Gasteiger partial charge in [0.15, 0.2) is 0 Å². The Bertz CT molecular complexity index is 1200. The van der Waals surface area contributed by atoms with Gasteiger partial charge >= 0.3 is 0 Å². The Labute approximate surface area is 142 Å². The van der Waals surface area contributed by atoms with Gasteiger partial charge in [-0.05, 0) is 13.0 Å². The molecule has 120 valence electrons. The van der Waals surface area contributed by atoms with Gasteiger partial charge in [0.1, 0.15) is 5.69 Å². The van der Waals surface area contributed by atoms with Crippen LogP contribution in [0.15, 0.2) is 48.5 Å². The highest BCUT2D eigenvalue weighted by molar-refractivity contribution is 6.30. The van der Waals surface area contributed by atoms with E-state index in [1.54, 1.807) is 0 Å². The summed E-state index contributed by atoms with van der Waals surface area (Å²) in [5.41, 5.74) is 4.95. The molecule has 0 aliphatic carbocycles. The molecular formula is C20H13N3O2. The minimum atomic E-state index is -0.444. The van der Waals surface area contributed by atoms with Crippen LogP contribution in [0.4, 0.5) is 0 Å². The molecular weight excluding hydrogens is 314 g/mol. The Kier molecular flexibility index (Phi) is 2.65. The van der Waals surface area contributed by atoms with Gasteiger partial charge in [-0.15, -0.1) is 0 Å². The number of nitrogens with zero attached hydrogens (tertiary/aromatic N) is 1. The summed E-state index contributed by atoms with van der Waals surface area (Å²) in [4.78, 5) is 32.5. The van der Waals surface area contributed by atoms with Gasteiger partial charge in [0.05, 0.1) is 16.8 Å². The summed E-state index contributed by atoms with van der Waals surface area (Å²) in [7, 11) is 0. The van der Waals surface area contributed by atoms with E-state index in [0.29, 0.717) is 11.3 Å². The molecule has 2 aromatic heterocycles. The summed E-state index contributed by atoms with van der Waals surface area (Å²) >= 11 is 0. The topological polar surface area (TPSA) is 74.8 Å². The van der Waals surface area contributed by atoms with E-state index in [-0.39, 0.29) is 5.69 Å². The molecule has 0 radical (unpaired) electrons. The highest BCUT2D eigenvalue weighted by Crippen LogP contribution is 2.37. The second-order valence-electron chi connectivity index (χ2n) is 6.25. The normalized spacial score (nSPS) is 13.5. The van der Waals surface area contributed by atoms with Crippen molar-refractivity contribution >= 4 is 33.6 Å². The number of rotatable bonds is 1. The summed E-state index contributed by atoms with van der Waals surface area (Å²) < 4.78 is 0. The Morgan fingerprint density at radius 2 is 1.64 bits per heavy atom. The summed E-state index contributed by atoms with van der Waals surface area (Å²) in [5.74, 6) is -0.835. The van der Waals surface area contributed by atoms with E-state index >= 15 is 0 Å². The number of aryl methyl sites for hydroxylation is 1. The van der Waals surface area contributed by atoms with Gasteiger partial charge in [0, 0.05) is 21.9 Å². The number of para-hydroxylation sites is 1. The third kappa shape index (κ3) is 1.86. The van der Waals surface area contributed by atoms with Crippen molar-refractivity contribution in [3.05, 3.63) is 65.4 Å². The van der Waals surface area contributed by atoms with Crippen LogP contribution in [0.25, 0.3) is 33.1 Å². The Morgan fingerprint density at radius 1 is 0.880 bits per heavy atom. The first-order valence-electron chi connectivity index (χ1n) is 8.00. The molecule has 4 aromatic rings. The van der Waals surface area contributed by atoms with Gasteiger partial charge in [-0.25, -0.2) is 4.98 Å².